The minimum absolute atomic E-state index is 0.456. The lowest BCUT2D eigenvalue weighted by molar-refractivity contribution is 0.431. The summed E-state index contributed by atoms with van der Waals surface area (Å²) in [5, 5.41) is 3.78. The summed E-state index contributed by atoms with van der Waals surface area (Å²) >= 11 is 0. The largest absolute Gasteiger partial charge is 0.307 e. The molecule has 1 aromatic carbocycles. The highest BCUT2D eigenvalue weighted by atomic mass is 28.3. The van der Waals surface area contributed by atoms with E-state index in [9.17, 15) is 0 Å². The minimum atomic E-state index is -0.907. The van der Waals surface area contributed by atoms with Gasteiger partial charge < -0.3 is 5.32 Å². The fourth-order valence-electron chi connectivity index (χ4n) is 2.20. The first-order chi connectivity index (χ1) is 8.42. The van der Waals surface area contributed by atoms with Crippen molar-refractivity contribution in [1.29, 1.82) is 0 Å². The summed E-state index contributed by atoms with van der Waals surface area (Å²) in [7, 11) is -0.907. The van der Waals surface area contributed by atoms with Crippen LogP contribution in [-0.4, -0.2) is 14.1 Å². The first kappa shape index (κ1) is 15.5. The fraction of sp³-hybridized carbons (Fsp3) is 0.625. The van der Waals surface area contributed by atoms with Crippen LogP contribution in [0.1, 0.15) is 38.3 Å². The molecule has 1 N–H and O–H groups in total. The summed E-state index contributed by atoms with van der Waals surface area (Å²) in [5.74, 6) is 0. The molecule has 0 saturated heterocycles. The normalized spacial score (nSPS) is 15.4. The molecule has 0 saturated carbocycles. The summed E-state index contributed by atoms with van der Waals surface area (Å²) in [4.78, 5) is 0. The number of hydrogen-bond acceptors (Lipinski definition) is 1. The van der Waals surface area contributed by atoms with Gasteiger partial charge in [-0.3, -0.25) is 0 Å². The van der Waals surface area contributed by atoms with E-state index < -0.39 is 8.07 Å². The van der Waals surface area contributed by atoms with Gasteiger partial charge in [0, 0.05) is 20.2 Å². The monoisotopic (exact) mass is 263 g/mol. The summed E-state index contributed by atoms with van der Waals surface area (Å²) in [6.07, 6.45) is 2.55. The van der Waals surface area contributed by atoms with Crippen molar-refractivity contribution in [1.82, 2.24) is 5.32 Å². The van der Waals surface area contributed by atoms with E-state index in [1.807, 2.05) is 0 Å². The van der Waals surface area contributed by atoms with Crippen molar-refractivity contribution in [3.05, 3.63) is 35.9 Å². The average Bonchev–Trinajstić information content (AvgIpc) is 2.34. The highest BCUT2D eigenvalue weighted by molar-refractivity contribution is 6.76. The molecule has 2 heteroatoms. The van der Waals surface area contributed by atoms with Crippen LogP contribution in [0, 0.1) is 0 Å². The van der Waals surface area contributed by atoms with E-state index in [-0.39, 0.29) is 0 Å². The van der Waals surface area contributed by atoms with Crippen molar-refractivity contribution >= 4 is 8.07 Å². The summed E-state index contributed by atoms with van der Waals surface area (Å²) in [6.45, 7) is 11.9. The second kappa shape index (κ2) is 7.10. The van der Waals surface area contributed by atoms with Crippen LogP contribution < -0.4 is 5.32 Å². The van der Waals surface area contributed by atoms with Crippen LogP contribution in [0.25, 0.3) is 0 Å². The third-order valence-electron chi connectivity index (χ3n) is 3.52. The second-order valence-electron chi connectivity index (χ2n) is 6.50. The molecule has 1 rings (SSSR count). The van der Waals surface area contributed by atoms with Gasteiger partial charge in [0.15, 0.2) is 0 Å². The quantitative estimate of drug-likeness (QED) is 0.694. The maximum absolute atomic E-state index is 3.78. The molecular weight excluding hydrogens is 234 g/mol. The molecule has 0 aliphatic rings. The van der Waals surface area contributed by atoms with Crippen LogP contribution >= 0.6 is 0 Å². The van der Waals surface area contributed by atoms with Gasteiger partial charge in [-0.2, -0.15) is 0 Å². The Kier molecular flexibility index (Phi) is 6.10. The minimum Gasteiger partial charge on any atom is -0.307 e. The van der Waals surface area contributed by atoms with Gasteiger partial charge in [0.2, 0.25) is 0 Å². The van der Waals surface area contributed by atoms with E-state index in [1.54, 1.807) is 0 Å². The summed E-state index contributed by atoms with van der Waals surface area (Å²) < 4.78 is 0. The van der Waals surface area contributed by atoms with Crippen molar-refractivity contribution < 1.29 is 0 Å². The number of rotatable bonds is 7. The Hall–Kier alpha value is -0.603. The molecule has 0 unspecified atom stereocenters. The average molecular weight is 264 g/mol. The van der Waals surface area contributed by atoms with E-state index in [4.69, 9.17) is 0 Å². The lowest BCUT2D eigenvalue weighted by atomic mass is 10.1. The topological polar surface area (TPSA) is 12.0 Å². The SMILES string of the molecule is CC[C@@H](CC[Si](C)(C)C)N[C@H](C)c1ccccc1. The van der Waals surface area contributed by atoms with Crippen LogP contribution in [0.4, 0.5) is 0 Å². The van der Waals surface area contributed by atoms with Crippen LogP contribution in [0.3, 0.4) is 0 Å². The Balaban J connectivity index is 2.48. The molecule has 0 fully saturated rings. The molecule has 0 aromatic heterocycles. The molecular formula is C16H29NSi. The Morgan fingerprint density at radius 1 is 1.11 bits per heavy atom. The van der Waals surface area contributed by atoms with Crippen molar-refractivity contribution in [3.8, 4) is 0 Å². The number of hydrogen-bond donors (Lipinski definition) is 1. The molecule has 0 heterocycles. The Labute approximate surface area is 114 Å². The molecule has 0 spiro atoms. The predicted octanol–water partition coefficient (Wildman–Crippen LogP) is 4.84. The van der Waals surface area contributed by atoms with Gasteiger partial charge in [-0.25, -0.2) is 0 Å². The highest BCUT2D eigenvalue weighted by Gasteiger charge is 2.17. The number of benzene rings is 1. The van der Waals surface area contributed by atoms with Gasteiger partial charge in [-0.15, -0.1) is 0 Å². The second-order valence-corrected chi connectivity index (χ2v) is 12.1. The first-order valence-electron chi connectivity index (χ1n) is 7.23. The van der Waals surface area contributed by atoms with Crippen molar-refractivity contribution in [2.75, 3.05) is 0 Å². The van der Waals surface area contributed by atoms with Crippen LogP contribution in [-0.2, 0) is 0 Å². The molecule has 0 radical (unpaired) electrons. The molecule has 18 heavy (non-hydrogen) atoms. The van der Waals surface area contributed by atoms with Crippen LogP contribution in [0.15, 0.2) is 30.3 Å². The zero-order chi connectivity index (χ0) is 13.6. The first-order valence-corrected chi connectivity index (χ1v) is 10.9. The third kappa shape index (κ3) is 5.83. The van der Waals surface area contributed by atoms with Gasteiger partial charge in [-0.05, 0) is 25.3 Å². The molecule has 1 nitrogen and oxygen atoms in total. The van der Waals surface area contributed by atoms with Crippen molar-refractivity contribution in [2.24, 2.45) is 0 Å². The molecule has 0 amide bonds. The van der Waals surface area contributed by atoms with E-state index >= 15 is 0 Å². The third-order valence-corrected chi connectivity index (χ3v) is 5.31. The van der Waals surface area contributed by atoms with E-state index in [1.165, 1.54) is 24.4 Å². The molecule has 102 valence electrons. The van der Waals surface area contributed by atoms with Crippen molar-refractivity contribution in [2.45, 2.75) is 64.5 Å². The maximum Gasteiger partial charge on any atom is 0.0443 e. The zero-order valence-corrected chi connectivity index (χ0v) is 13.7. The molecule has 1 aromatic rings. The van der Waals surface area contributed by atoms with Crippen LogP contribution in [0.2, 0.25) is 25.7 Å². The Morgan fingerprint density at radius 3 is 2.22 bits per heavy atom. The van der Waals surface area contributed by atoms with Gasteiger partial charge in [0.05, 0.1) is 0 Å². The van der Waals surface area contributed by atoms with E-state index in [0.29, 0.717) is 12.1 Å². The predicted molar refractivity (Wildman–Crippen MR) is 84.8 cm³/mol. The molecule has 0 aliphatic carbocycles. The zero-order valence-electron chi connectivity index (χ0n) is 12.7. The lowest BCUT2D eigenvalue weighted by Crippen LogP contribution is -2.33. The smallest absolute Gasteiger partial charge is 0.0443 e. The van der Waals surface area contributed by atoms with Gasteiger partial charge in [0.25, 0.3) is 0 Å². The maximum atomic E-state index is 3.78. The van der Waals surface area contributed by atoms with Gasteiger partial charge in [-0.1, -0.05) is 62.9 Å². The lowest BCUT2D eigenvalue weighted by Gasteiger charge is -2.25. The standard InChI is InChI=1S/C16H29NSi/c1-6-16(12-13-18(3,4)5)17-14(2)15-10-8-7-9-11-15/h7-11,14,16-17H,6,12-13H2,1-5H3/t14-,16+/m1/s1. The molecule has 0 aliphatic heterocycles. The Bertz CT molecular complexity index is 329. The van der Waals surface area contributed by atoms with Crippen molar-refractivity contribution in [3.63, 3.8) is 0 Å². The number of nitrogens with one attached hydrogen (secondary N) is 1. The van der Waals surface area contributed by atoms with E-state index in [2.05, 4.69) is 69.1 Å². The van der Waals surface area contributed by atoms with Crippen LogP contribution in [0.5, 0.6) is 0 Å². The molecule has 2 atom stereocenters. The van der Waals surface area contributed by atoms with Gasteiger partial charge >= 0.3 is 0 Å². The fourth-order valence-corrected chi connectivity index (χ4v) is 3.42. The highest BCUT2D eigenvalue weighted by Crippen LogP contribution is 2.18. The summed E-state index contributed by atoms with van der Waals surface area (Å²) in [5.41, 5.74) is 1.39. The Morgan fingerprint density at radius 2 is 1.72 bits per heavy atom. The van der Waals surface area contributed by atoms with Gasteiger partial charge in [0.1, 0.15) is 0 Å². The van der Waals surface area contributed by atoms with E-state index in [0.717, 1.165) is 0 Å². The summed E-state index contributed by atoms with van der Waals surface area (Å²) in [6, 6.07) is 13.3. The molecule has 0 bridgehead atoms.